The fraction of sp³-hybridized carbons (Fsp3) is 0.276. The molecule has 0 bridgehead atoms. The molecule has 1 saturated carbocycles. The van der Waals surface area contributed by atoms with Gasteiger partial charge in [0.05, 0.1) is 24.2 Å². The highest BCUT2D eigenvalue weighted by atomic mass is 16.5. The van der Waals surface area contributed by atoms with Gasteiger partial charge in [-0.1, -0.05) is 61.7 Å². The van der Waals surface area contributed by atoms with Gasteiger partial charge in [0.1, 0.15) is 12.4 Å². The molecule has 0 aliphatic heterocycles. The molecule has 178 valence electrons. The molecule has 0 amide bonds. The maximum atomic E-state index is 13.4. The summed E-state index contributed by atoms with van der Waals surface area (Å²) in [6.07, 6.45) is 7.28. The maximum absolute atomic E-state index is 13.4. The second-order valence-electron chi connectivity index (χ2n) is 8.87. The lowest BCUT2D eigenvalue weighted by Gasteiger charge is -2.22. The maximum Gasteiger partial charge on any atom is 0.282 e. The summed E-state index contributed by atoms with van der Waals surface area (Å²) < 4.78 is 13.0. The molecule has 6 heteroatoms. The van der Waals surface area contributed by atoms with Gasteiger partial charge in [0.25, 0.3) is 5.56 Å². The second kappa shape index (κ2) is 10.6. The molecular formula is C29H29N3O3. The fourth-order valence-corrected chi connectivity index (χ4v) is 4.62. The van der Waals surface area contributed by atoms with Gasteiger partial charge in [0.2, 0.25) is 0 Å². The SMILES string of the molecule is COc1cc(C=Nn2c(C3CCCCC3)nc3ccccc3c2=O)ccc1OCc1ccccc1. The molecule has 1 fully saturated rings. The second-order valence-corrected chi connectivity index (χ2v) is 8.87. The van der Waals surface area contributed by atoms with E-state index in [9.17, 15) is 4.79 Å². The molecule has 6 nitrogen and oxygen atoms in total. The molecule has 1 aliphatic carbocycles. The molecule has 35 heavy (non-hydrogen) atoms. The van der Waals surface area contributed by atoms with E-state index in [0.29, 0.717) is 23.5 Å². The van der Waals surface area contributed by atoms with Crippen molar-refractivity contribution in [2.45, 2.75) is 44.6 Å². The predicted octanol–water partition coefficient (Wildman–Crippen LogP) is 5.91. The van der Waals surface area contributed by atoms with Gasteiger partial charge in [-0.2, -0.15) is 9.78 Å². The van der Waals surface area contributed by atoms with E-state index in [1.807, 2.05) is 72.8 Å². The fourth-order valence-electron chi connectivity index (χ4n) is 4.62. The van der Waals surface area contributed by atoms with Crippen LogP contribution in [0.4, 0.5) is 0 Å². The number of hydrogen-bond acceptors (Lipinski definition) is 5. The highest BCUT2D eigenvalue weighted by molar-refractivity contribution is 5.81. The first-order valence-electron chi connectivity index (χ1n) is 12.1. The van der Waals surface area contributed by atoms with E-state index in [1.54, 1.807) is 13.3 Å². The van der Waals surface area contributed by atoms with Crippen molar-refractivity contribution in [1.82, 2.24) is 9.66 Å². The summed E-state index contributed by atoms with van der Waals surface area (Å²) in [7, 11) is 1.62. The average molecular weight is 468 g/mol. The number of methoxy groups -OCH3 is 1. The molecule has 0 saturated heterocycles. The summed E-state index contributed by atoms with van der Waals surface area (Å²) in [6, 6.07) is 23.1. The third-order valence-corrected chi connectivity index (χ3v) is 6.50. The van der Waals surface area contributed by atoms with E-state index in [-0.39, 0.29) is 11.5 Å². The number of nitrogens with zero attached hydrogens (tertiary/aromatic N) is 3. The van der Waals surface area contributed by atoms with E-state index in [0.717, 1.165) is 48.2 Å². The average Bonchev–Trinajstić information content (AvgIpc) is 2.92. The topological polar surface area (TPSA) is 65.7 Å². The third kappa shape index (κ3) is 5.11. The van der Waals surface area contributed by atoms with Crippen molar-refractivity contribution in [3.8, 4) is 11.5 Å². The molecule has 0 unspecified atom stereocenters. The minimum atomic E-state index is -0.137. The van der Waals surface area contributed by atoms with Crippen molar-refractivity contribution in [1.29, 1.82) is 0 Å². The number of fused-ring (bicyclic) bond motifs is 1. The molecule has 0 N–H and O–H groups in total. The van der Waals surface area contributed by atoms with Crippen LogP contribution in [0.1, 0.15) is 55.0 Å². The van der Waals surface area contributed by atoms with Crippen LogP contribution < -0.4 is 15.0 Å². The Balaban J connectivity index is 1.45. The molecule has 1 aromatic heterocycles. The Morgan fingerprint density at radius 3 is 2.54 bits per heavy atom. The summed E-state index contributed by atoms with van der Waals surface area (Å²) in [5.74, 6) is 2.25. The number of rotatable bonds is 7. The molecule has 4 aromatic rings. The van der Waals surface area contributed by atoms with E-state index in [1.165, 1.54) is 11.1 Å². The van der Waals surface area contributed by atoms with Crippen LogP contribution in [-0.2, 0) is 6.61 Å². The van der Waals surface area contributed by atoms with Gasteiger partial charge in [0.15, 0.2) is 11.5 Å². The quantitative estimate of drug-likeness (QED) is 0.317. The van der Waals surface area contributed by atoms with Gasteiger partial charge in [-0.15, -0.1) is 0 Å². The number of hydrogen-bond donors (Lipinski definition) is 0. The summed E-state index contributed by atoms with van der Waals surface area (Å²) in [4.78, 5) is 18.3. The lowest BCUT2D eigenvalue weighted by molar-refractivity contribution is 0.284. The first-order valence-corrected chi connectivity index (χ1v) is 12.1. The van der Waals surface area contributed by atoms with E-state index in [2.05, 4.69) is 5.10 Å². The highest BCUT2D eigenvalue weighted by Crippen LogP contribution is 2.32. The molecule has 3 aromatic carbocycles. The van der Waals surface area contributed by atoms with Crippen LogP contribution in [0.25, 0.3) is 10.9 Å². The van der Waals surface area contributed by atoms with Crippen LogP contribution in [0.15, 0.2) is 82.7 Å². The molecule has 0 radical (unpaired) electrons. The van der Waals surface area contributed by atoms with Crippen LogP contribution in [0, 0.1) is 0 Å². The first-order chi connectivity index (χ1) is 17.2. The Morgan fingerprint density at radius 2 is 1.74 bits per heavy atom. The molecule has 1 aliphatic rings. The Hall–Kier alpha value is -3.93. The monoisotopic (exact) mass is 467 g/mol. The summed E-state index contributed by atoms with van der Waals surface area (Å²) >= 11 is 0. The first kappa shape index (κ1) is 22.8. The van der Waals surface area contributed by atoms with Gasteiger partial charge in [-0.3, -0.25) is 4.79 Å². The number of para-hydroxylation sites is 1. The van der Waals surface area contributed by atoms with E-state index < -0.39 is 0 Å². The molecule has 0 atom stereocenters. The summed E-state index contributed by atoms with van der Waals surface area (Å²) in [6.45, 7) is 0.452. The lowest BCUT2D eigenvalue weighted by atomic mass is 9.88. The Labute approximate surface area is 204 Å². The summed E-state index contributed by atoms with van der Waals surface area (Å²) in [5.41, 5.74) is 2.48. The van der Waals surface area contributed by atoms with Crippen LogP contribution in [0.5, 0.6) is 11.5 Å². The van der Waals surface area contributed by atoms with Crippen LogP contribution in [-0.4, -0.2) is 23.0 Å². The van der Waals surface area contributed by atoms with Gasteiger partial charge in [0, 0.05) is 5.92 Å². The molecular weight excluding hydrogens is 438 g/mol. The van der Waals surface area contributed by atoms with Crippen molar-refractivity contribution in [2.75, 3.05) is 7.11 Å². The Kier molecular flexibility index (Phi) is 6.89. The van der Waals surface area contributed by atoms with Gasteiger partial charge in [-0.25, -0.2) is 4.98 Å². The van der Waals surface area contributed by atoms with E-state index >= 15 is 0 Å². The van der Waals surface area contributed by atoms with Crippen molar-refractivity contribution in [2.24, 2.45) is 5.10 Å². The third-order valence-electron chi connectivity index (χ3n) is 6.50. The van der Waals surface area contributed by atoms with Crippen LogP contribution in [0.3, 0.4) is 0 Å². The van der Waals surface area contributed by atoms with Crippen LogP contribution >= 0.6 is 0 Å². The zero-order valence-electron chi connectivity index (χ0n) is 19.9. The van der Waals surface area contributed by atoms with Crippen molar-refractivity contribution in [3.63, 3.8) is 0 Å². The molecule has 5 rings (SSSR count). The molecule has 1 heterocycles. The van der Waals surface area contributed by atoms with Crippen molar-refractivity contribution < 1.29 is 9.47 Å². The highest BCUT2D eigenvalue weighted by Gasteiger charge is 2.22. The van der Waals surface area contributed by atoms with Crippen LogP contribution in [0.2, 0.25) is 0 Å². The largest absolute Gasteiger partial charge is 0.493 e. The predicted molar refractivity (Wildman–Crippen MR) is 139 cm³/mol. The minimum absolute atomic E-state index is 0.137. The van der Waals surface area contributed by atoms with E-state index in [4.69, 9.17) is 14.5 Å². The Morgan fingerprint density at radius 1 is 0.971 bits per heavy atom. The zero-order chi connectivity index (χ0) is 24.0. The Bertz CT molecular complexity index is 1390. The smallest absolute Gasteiger partial charge is 0.282 e. The minimum Gasteiger partial charge on any atom is -0.493 e. The van der Waals surface area contributed by atoms with Gasteiger partial charge < -0.3 is 9.47 Å². The zero-order valence-corrected chi connectivity index (χ0v) is 19.9. The standard InChI is InChI=1S/C29H29N3O3/c1-34-27-18-22(16-17-26(27)35-20-21-10-4-2-5-11-21)19-30-32-28(23-12-6-3-7-13-23)31-25-15-9-8-14-24(25)29(32)33/h2,4-5,8-11,14-19,23H,3,6-7,12-13,20H2,1H3. The summed E-state index contributed by atoms with van der Waals surface area (Å²) in [5, 5.41) is 5.20. The van der Waals surface area contributed by atoms with Crippen molar-refractivity contribution in [3.05, 3.63) is 100 Å². The number of aromatic nitrogens is 2. The lowest BCUT2D eigenvalue weighted by Crippen LogP contribution is -2.25. The van der Waals surface area contributed by atoms with Gasteiger partial charge >= 0.3 is 0 Å². The molecule has 0 spiro atoms. The number of ether oxygens (including phenoxy) is 2. The number of benzene rings is 3. The normalized spacial score (nSPS) is 14.4. The van der Waals surface area contributed by atoms with Crippen molar-refractivity contribution >= 4 is 17.1 Å². The van der Waals surface area contributed by atoms with Gasteiger partial charge in [-0.05, 0) is 54.3 Å².